The lowest BCUT2D eigenvalue weighted by Gasteiger charge is -2.03. The molecule has 0 fully saturated rings. The van der Waals surface area contributed by atoms with Gasteiger partial charge in [0.05, 0.1) is 0 Å². The van der Waals surface area contributed by atoms with Crippen molar-refractivity contribution in [3.05, 3.63) is 81.3 Å². The van der Waals surface area contributed by atoms with Gasteiger partial charge in [-0.05, 0) is 35.7 Å². The number of aromatic nitrogens is 1. The summed E-state index contributed by atoms with van der Waals surface area (Å²) in [6, 6.07) is 15.4. The normalized spacial score (nSPS) is 10.6. The number of carbonyl (C=O) groups excluding carboxylic acids is 1. The quantitative estimate of drug-likeness (QED) is 0.682. The van der Waals surface area contributed by atoms with Gasteiger partial charge in [-0.2, -0.15) is 0 Å². The van der Waals surface area contributed by atoms with Crippen molar-refractivity contribution in [2.24, 2.45) is 0 Å². The zero-order valence-corrected chi connectivity index (χ0v) is 14.8. The zero-order valence-electron chi connectivity index (χ0n) is 13.3. The predicted octanol–water partition coefficient (Wildman–Crippen LogP) is 5.20. The molecule has 3 aromatic rings. The number of carbonyl (C=O) groups is 1. The number of hydrogen-bond donors (Lipinski definition) is 1. The molecule has 3 rings (SSSR count). The number of nitrogens with one attached hydrogen (secondary N) is 1. The van der Waals surface area contributed by atoms with Crippen molar-refractivity contribution in [2.75, 3.05) is 5.32 Å². The number of benzene rings is 2. The summed E-state index contributed by atoms with van der Waals surface area (Å²) in [5.74, 6) is -0.142. The summed E-state index contributed by atoms with van der Waals surface area (Å²) >= 11 is 7.65. The first-order valence-corrected chi connectivity index (χ1v) is 8.93. The average molecular weight is 357 g/mol. The lowest BCUT2D eigenvalue weighted by molar-refractivity contribution is 0.102. The molecule has 0 atom stereocenters. The smallest absolute Gasteiger partial charge is 0.257 e. The molecule has 0 saturated heterocycles. The largest absolute Gasteiger partial charge is 0.298 e. The van der Waals surface area contributed by atoms with Crippen molar-refractivity contribution in [1.29, 1.82) is 0 Å². The maximum atomic E-state index is 12.3. The van der Waals surface area contributed by atoms with Crippen LogP contribution in [0.15, 0.2) is 54.7 Å². The number of aryl methyl sites for hydroxylation is 1. The van der Waals surface area contributed by atoms with Crippen molar-refractivity contribution in [2.45, 2.75) is 19.8 Å². The van der Waals surface area contributed by atoms with Crippen LogP contribution in [0.2, 0.25) is 5.02 Å². The number of thiazole rings is 1. The molecule has 1 heterocycles. The number of nitrogens with zero attached hydrogens (tertiary/aromatic N) is 1. The molecule has 3 nitrogen and oxygen atoms in total. The minimum absolute atomic E-state index is 0.142. The van der Waals surface area contributed by atoms with Crippen molar-refractivity contribution < 1.29 is 4.79 Å². The van der Waals surface area contributed by atoms with Gasteiger partial charge in [0.25, 0.3) is 5.91 Å². The van der Waals surface area contributed by atoms with Gasteiger partial charge in [-0.15, -0.1) is 11.3 Å². The van der Waals surface area contributed by atoms with E-state index in [2.05, 4.69) is 17.2 Å². The Labute approximate surface area is 150 Å². The number of rotatable bonds is 5. The van der Waals surface area contributed by atoms with E-state index in [1.807, 2.05) is 48.5 Å². The average Bonchev–Trinajstić information content (AvgIpc) is 3.04. The van der Waals surface area contributed by atoms with Crippen molar-refractivity contribution in [1.82, 2.24) is 4.98 Å². The molecule has 0 aliphatic rings. The Bertz CT molecular complexity index is 843. The number of amides is 1. The van der Waals surface area contributed by atoms with Gasteiger partial charge in [-0.25, -0.2) is 4.98 Å². The molecule has 122 valence electrons. The number of hydrogen-bond acceptors (Lipinski definition) is 3. The predicted molar refractivity (Wildman–Crippen MR) is 100 cm³/mol. The van der Waals surface area contributed by atoms with Crippen molar-refractivity contribution in [3.8, 4) is 0 Å². The van der Waals surface area contributed by atoms with E-state index in [0.29, 0.717) is 17.1 Å². The minimum atomic E-state index is -0.142. The maximum Gasteiger partial charge on any atom is 0.257 e. The zero-order chi connectivity index (χ0) is 16.9. The first kappa shape index (κ1) is 16.7. The molecule has 0 unspecified atom stereocenters. The van der Waals surface area contributed by atoms with Gasteiger partial charge < -0.3 is 0 Å². The summed E-state index contributed by atoms with van der Waals surface area (Å²) in [6.45, 7) is 2.09. The molecule has 1 amide bonds. The highest BCUT2D eigenvalue weighted by Gasteiger charge is 2.10. The molecule has 0 aliphatic carbocycles. The summed E-state index contributed by atoms with van der Waals surface area (Å²) < 4.78 is 0. The lowest BCUT2D eigenvalue weighted by atomic mass is 10.1. The summed E-state index contributed by atoms with van der Waals surface area (Å²) in [4.78, 5) is 17.6. The summed E-state index contributed by atoms with van der Waals surface area (Å²) in [5, 5.41) is 4.19. The highest BCUT2D eigenvalue weighted by atomic mass is 35.5. The van der Waals surface area contributed by atoms with Crippen LogP contribution in [0.5, 0.6) is 0 Å². The van der Waals surface area contributed by atoms with Gasteiger partial charge in [0.1, 0.15) is 0 Å². The van der Waals surface area contributed by atoms with Crippen LogP contribution in [0.1, 0.15) is 33.3 Å². The van der Waals surface area contributed by atoms with E-state index in [-0.39, 0.29) is 5.91 Å². The Balaban J connectivity index is 1.67. The monoisotopic (exact) mass is 356 g/mol. The Morgan fingerprint density at radius 1 is 1.17 bits per heavy atom. The number of anilines is 1. The molecule has 24 heavy (non-hydrogen) atoms. The summed E-state index contributed by atoms with van der Waals surface area (Å²) in [5.41, 5.74) is 2.90. The van der Waals surface area contributed by atoms with E-state index in [0.717, 1.165) is 21.9 Å². The number of halogens is 1. The van der Waals surface area contributed by atoms with E-state index >= 15 is 0 Å². The van der Waals surface area contributed by atoms with Gasteiger partial charge in [0.2, 0.25) is 0 Å². The second-order valence-electron chi connectivity index (χ2n) is 5.40. The van der Waals surface area contributed by atoms with Crippen LogP contribution < -0.4 is 5.32 Å². The fourth-order valence-corrected chi connectivity index (χ4v) is 3.37. The lowest BCUT2D eigenvalue weighted by Crippen LogP contribution is -2.11. The minimum Gasteiger partial charge on any atom is -0.298 e. The molecule has 0 spiro atoms. The van der Waals surface area contributed by atoms with Gasteiger partial charge in [-0.1, -0.05) is 48.9 Å². The second kappa shape index (κ2) is 7.60. The molecule has 2 aromatic carbocycles. The van der Waals surface area contributed by atoms with Crippen molar-refractivity contribution >= 4 is 34.0 Å². The summed E-state index contributed by atoms with van der Waals surface area (Å²) in [7, 11) is 0. The molecule has 0 saturated carbocycles. The molecular weight excluding hydrogens is 340 g/mol. The third-order valence-electron chi connectivity index (χ3n) is 3.72. The van der Waals surface area contributed by atoms with Crippen LogP contribution in [-0.4, -0.2) is 10.9 Å². The standard InChI is InChI=1S/C19H17ClN2OS/c1-2-13-7-9-14(10-8-13)18(23)22-19-21-12-16(24-19)11-15-5-3-4-6-17(15)20/h3-10,12H,2,11H2,1H3,(H,21,22,23). The van der Waals surface area contributed by atoms with Gasteiger partial charge in [-0.3, -0.25) is 10.1 Å². The molecular formula is C19H17ClN2OS. The Hall–Kier alpha value is -2.17. The Morgan fingerprint density at radius 3 is 2.62 bits per heavy atom. The van der Waals surface area contributed by atoms with E-state index in [1.165, 1.54) is 16.9 Å². The van der Waals surface area contributed by atoms with Gasteiger partial charge >= 0.3 is 0 Å². The van der Waals surface area contributed by atoms with Crippen LogP contribution >= 0.6 is 22.9 Å². The van der Waals surface area contributed by atoms with E-state index < -0.39 is 0 Å². The van der Waals surface area contributed by atoms with Gasteiger partial charge in [0, 0.05) is 28.1 Å². The molecule has 1 aromatic heterocycles. The second-order valence-corrected chi connectivity index (χ2v) is 6.93. The molecule has 0 bridgehead atoms. The van der Waals surface area contributed by atoms with Crippen LogP contribution in [0, 0.1) is 0 Å². The van der Waals surface area contributed by atoms with E-state index in [4.69, 9.17) is 11.6 Å². The topological polar surface area (TPSA) is 42.0 Å². The molecule has 5 heteroatoms. The van der Waals surface area contributed by atoms with Crippen LogP contribution in [0.3, 0.4) is 0 Å². The van der Waals surface area contributed by atoms with E-state index in [1.54, 1.807) is 6.20 Å². The van der Waals surface area contributed by atoms with Crippen LogP contribution in [-0.2, 0) is 12.8 Å². The van der Waals surface area contributed by atoms with Crippen molar-refractivity contribution in [3.63, 3.8) is 0 Å². The van der Waals surface area contributed by atoms with E-state index in [9.17, 15) is 4.79 Å². The molecule has 1 N–H and O–H groups in total. The Morgan fingerprint density at radius 2 is 1.92 bits per heavy atom. The maximum absolute atomic E-state index is 12.3. The first-order valence-electron chi connectivity index (χ1n) is 7.74. The molecule has 0 radical (unpaired) electrons. The third-order valence-corrected chi connectivity index (χ3v) is 5.00. The van der Waals surface area contributed by atoms with Gasteiger partial charge in [0.15, 0.2) is 5.13 Å². The fraction of sp³-hybridized carbons (Fsp3) is 0.158. The highest BCUT2D eigenvalue weighted by Crippen LogP contribution is 2.25. The first-order chi connectivity index (χ1) is 11.7. The Kier molecular flexibility index (Phi) is 5.28. The van der Waals surface area contributed by atoms with Crippen LogP contribution in [0.25, 0.3) is 0 Å². The summed E-state index contributed by atoms with van der Waals surface area (Å²) in [6.07, 6.45) is 3.45. The third kappa shape index (κ3) is 4.02. The van der Waals surface area contributed by atoms with Crippen LogP contribution in [0.4, 0.5) is 5.13 Å². The highest BCUT2D eigenvalue weighted by molar-refractivity contribution is 7.15. The SMILES string of the molecule is CCc1ccc(C(=O)Nc2ncc(Cc3ccccc3Cl)s2)cc1. The molecule has 0 aliphatic heterocycles. The fourth-order valence-electron chi connectivity index (χ4n) is 2.34.